The van der Waals surface area contributed by atoms with Crippen LogP contribution < -0.4 is 4.74 Å². The van der Waals surface area contributed by atoms with Crippen molar-refractivity contribution in [1.82, 2.24) is 0 Å². The molecule has 5 heteroatoms. The second-order valence-electron chi connectivity index (χ2n) is 11.0. The molecule has 0 heterocycles. The highest BCUT2D eigenvalue weighted by Gasteiger charge is 2.37. The Morgan fingerprint density at radius 1 is 0.757 bits per heavy atom. The smallest absolute Gasteiger partial charge is 0.337 e. The van der Waals surface area contributed by atoms with E-state index in [0.29, 0.717) is 18.8 Å². The van der Waals surface area contributed by atoms with Gasteiger partial charge in [-0.2, -0.15) is 0 Å². The van der Waals surface area contributed by atoms with E-state index in [2.05, 4.69) is 52.0 Å². The first-order valence-corrected chi connectivity index (χ1v) is 12.8. The Labute approximate surface area is 220 Å². The monoisotopic (exact) mass is 502 g/mol. The van der Waals surface area contributed by atoms with Gasteiger partial charge in [0, 0.05) is 12.7 Å². The Hall–Kier alpha value is -3.15. The zero-order chi connectivity index (χ0) is 26.6. The van der Waals surface area contributed by atoms with E-state index in [1.54, 1.807) is 19.2 Å². The van der Waals surface area contributed by atoms with Crippen LogP contribution in [0.3, 0.4) is 0 Å². The third kappa shape index (κ3) is 5.89. The van der Waals surface area contributed by atoms with E-state index in [1.807, 2.05) is 24.3 Å². The highest BCUT2D eigenvalue weighted by atomic mass is 16.7. The summed E-state index contributed by atoms with van der Waals surface area (Å²) in [6.07, 6.45) is 2.33. The molecule has 0 saturated carbocycles. The van der Waals surface area contributed by atoms with Gasteiger partial charge in [0.25, 0.3) is 0 Å². The van der Waals surface area contributed by atoms with Gasteiger partial charge in [0.2, 0.25) is 0 Å². The fourth-order valence-electron chi connectivity index (χ4n) is 5.04. The van der Waals surface area contributed by atoms with Crippen LogP contribution in [0.1, 0.15) is 62.0 Å². The van der Waals surface area contributed by atoms with Crippen LogP contribution in [0, 0.1) is 0 Å². The first kappa shape index (κ1) is 26.9. The van der Waals surface area contributed by atoms with E-state index in [1.165, 1.54) is 24.7 Å². The summed E-state index contributed by atoms with van der Waals surface area (Å²) in [7, 11) is 3.04. The summed E-state index contributed by atoms with van der Waals surface area (Å²) in [6, 6.07) is 20.5. The lowest BCUT2D eigenvalue weighted by molar-refractivity contribution is -0.00821. The lowest BCUT2D eigenvalue weighted by atomic mass is 9.63. The summed E-state index contributed by atoms with van der Waals surface area (Å²) in [5.41, 5.74) is 7.78. The standard InChI is InChI=1S/C32H38O5/c1-31(2)15-16-32(3,4)28-20-25(11-13-27(28)31)26-19-24(12-14-29(26)37-21-36-18-17-34-5)22-7-9-23(10-8-22)30(33)35-6/h7-14,19-20H,15-18,21H2,1-6H3. The number of ether oxygens (including phenoxy) is 4. The molecule has 0 radical (unpaired) electrons. The number of benzene rings is 3. The molecule has 0 unspecified atom stereocenters. The van der Waals surface area contributed by atoms with E-state index >= 15 is 0 Å². The van der Waals surface area contributed by atoms with Gasteiger partial charge in [-0.15, -0.1) is 0 Å². The number of carbonyl (C=O) groups excluding carboxylic acids is 1. The van der Waals surface area contributed by atoms with Crippen LogP contribution in [0.4, 0.5) is 0 Å². The number of hydrogen-bond donors (Lipinski definition) is 0. The number of hydrogen-bond acceptors (Lipinski definition) is 5. The van der Waals surface area contributed by atoms with E-state index in [4.69, 9.17) is 18.9 Å². The van der Waals surface area contributed by atoms with Crippen LogP contribution >= 0.6 is 0 Å². The SMILES string of the molecule is COCCOCOc1ccc(-c2ccc(C(=O)OC)cc2)cc1-c1ccc2c(c1)C(C)(C)CCC2(C)C. The second kappa shape index (κ2) is 11.1. The van der Waals surface area contributed by atoms with Gasteiger partial charge in [0.15, 0.2) is 6.79 Å². The summed E-state index contributed by atoms with van der Waals surface area (Å²) < 4.78 is 21.6. The largest absolute Gasteiger partial charge is 0.467 e. The van der Waals surface area contributed by atoms with Crippen LogP contribution in [0.25, 0.3) is 22.3 Å². The van der Waals surface area contributed by atoms with Crippen molar-refractivity contribution in [2.45, 2.75) is 51.4 Å². The van der Waals surface area contributed by atoms with Crippen LogP contribution in [-0.4, -0.2) is 40.2 Å². The minimum atomic E-state index is -0.343. The van der Waals surface area contributed by atoms with Crippen molar-refractivity contribution in [3.8, 4) is 28.0 Å². The lowest BCUT2D eigenvalue weighted by Gasteiger charge is -2.42. The quantitative estimate of drug-likeness (QED) is 0.177. The minimum Gasteiger partial charge on any atom is -0.467 e. The van der Waals surface area contributed by atoms with Crippen molar-refractivity contribution in [2.24, 2.45) is 0 Å². The topological polar surface area (TPSA) is 54.0 Å². The molecule has 0 fully saturated rings. The molecule has 1 aliphatic carbocycles. The van der Waals surface area contributed by atoms with Crippen LogP contribution in [0.2, 0.25) is 0 Å². The maximum absolute atomic E-state index is 11.9. The molecule has 4 rings (SSSR count). The molecule has 0 aromatic heterocycles. The van der Waals surface area contributed by atoms with Gasteiger partial charge in [0.1, 0.15) is 5.75 Å². The molecule has 0 N–H and O–H groups in total. The molecule has 0 atom stereocenters. The van der Waals surface area contributed by atoms with Crippen LogP contribution in [0.15, 0.2) is 60.7 Å². The van der Waals surface area contributed by atoms with Crippen molar-refractivity contribution >= 4 is 5.97 Å². The highest BCUT2D eigenvalue weighted by Crippen LogP contribution is 2.47. The molecule has 0 bridgehead atoms. The first-order chi connectivity index (χ1) is 17.7. The zero-order valence-electron chi connectivity index (χ0n) is 22.9. The van der Waals surface area contributed by atoms with E-state index in [9.17, 15) is 4.79 Å². The fraction of sp³-hybridized carbons (Fsp3) is 0.406. The van der Waals surface area contributed by atoms with Gasteiger partial charge in [-0.25, -0.2) is 4.79 Å². The molecule has 0 amide bonds. The Balaban J connectivity index is 1.75. The summed E-state index contributed by atoms with van der Waals surface area (Å²) >= 11 is 0. The summed E-state index contributed by atoms with van der Waals surface area (Å²) in [5, 5.41) is 0. The van der Waals surface area contributed by atoms with Gasteiger partial charge < -0.3 is 18.9 Å². The van der Waals surface area contributed by atoms with E-state index in [-0.39, 0.29) is 23.6 Å². The molecule has 37 heavy (non-hydrogen) atoms. The number of carbonyl (C=O) groups is 1. The lowest BCUT2D eigenvalue weighted by Crippen LogP contribution is -2.33. The normalized spacial score (nSPS) is 15.6. The maximum Gasteiger partial charge on any atom is 0.337 e. The summed E-state index contributed by atoms with van der Waals surface area (Å²) in [4.78, 5) is 11.9. The molecule has 1 aliphatic rings. The zero-order valence-corrected chi connectivity index (χ0v) is 22.9. The van der Waals surface area contributed by atoms with Gasteiger partial charge >= 0.3 is 5.97 Å². The number of esters is 1. The third-order valence-electron chi connectivity index (χ3n) is 7.51. The molecule has 5 nitrogen and oxygen atoms in total. The highest BCUT2D eigenvalue weighted by molar-refractivity contribution is 5.90. The van der Waals surface area contributed by atoms with E-state index in [0.717, 1.165) is 34.4 Å². The third-order valence-corrected chi connectivity index (χ3v) is 7.51. The molecule has 0 spiro atoms. The average Bonchev–Trinajstić information content (AvgIpc) is 2.91. The Morgan fingerprint density at radius 2 is 1.41 bits per heavy atom. The summed E-state index contributed by atoms with van der Waals surface area (Å²) in [5.74, 6) is 0.421. The maximum atomic E-state index is 11.9. The first-order valence-electron chi connectivity index (χ1n) is 12.8. The van der Waals surface area contributed by atoms with Crippen molar-refractivity contribution in [2.75, 3.05) is 34.2 Å². The average molecular weight is 503 g/mol. The molecule has 196 valence electrons. The van der Waals surface area contributed by atoms with Crippen LogP contribution in [0.5, 0.6) is 5.75 Å². The molecule has 0 saturated heterocycles. The number of fused-ring (bicyclic) bond motifs is 1. The van der Waals surface area contributed by atoms with Gasteiger partial charge in [-0.3, -0.25) is 0 Å². The molecule has 3 aromatic carbocycles. The minimum absolute atomic E-state index is 0.104. The van der Waals surface area contributed by atoms with Gasteiger partial charge in [-0.1, -0.05) is 64.1 Å². The van der Waals surface area contributed by atoms with Crippen molar-refractivity contribution < 1.29 is 23.7 Å². The van der Waals surface area contributed by atoms with Crippen LogP contribution in [-0.2, 0) is 25.0 Å². The predicted octanol–water partition coefficient (Wildman–Crippen LogP) is 7.16. The number of methoxy groups -OCH3 is 2. The molecular formula is C32H38O5. The predicted molar refractivity (Wildman–Crippen MR) is 147 cm³/mol. The van der Waals surface area contributed by atoms with Crippen molar-refractivity contribution in [3.05, 3.63) is 77.4 Å². The molecule has 3 aromatic rings. The molecular weight excluding hydrogens is 464 g/mol. The van der Waals surface area contributed by atoms with Crippen molar-refractivity contribution in [3.63, 3.8) is 0 Å². The second-order valence-corrected chi connectivity index (χ2v) is 11.0. The Kier molecular flexibility index (Phi) is 8.05. The van der Waals surface area contributed by atoms with Gasteiger partial charge in [0.05, 0.1) is 25.9 Å². The Bertz CT molecular complexity index is 1240. The Morgan fingerprint density at radius 3 is 2.08 bits per heavy atom. The number of rotatable bonds is 9. The van der Waals surface area contributed by atoms with Crippen molar-refractivity contribution in [1.29, 1.82) is 0 Å². The fourth-order valence-corrected chi connectivity index (χ4v) is 5.04. The summed E-state index contributed by atoms with van der Waals surface area (Å²) in [6.45, 7) is 10.5. The molecule has 0 aliphatic heterocycles. The van der Waals surface area contributed by atoms with E-state index < -0.39 is 0 Å². The van der Waals surface area contributed by atoms with Gasteiger partial charge in [-0.05, 0) is 75.8 Å².